The second-order valence-electron chi connectivity index (χ2n) is 6.04. The fourth-order valence-electron chi connectivity index (χ4n) is 2.39. The lowest BCUT2D eigenvalue weighted by Crippen LogP contribution is -2.33. The van der Waals surface area contributed by atoms with Crippen molar-refractivity contribution in [1.29, 1.82) is 0 Å². The molecule has 1 aromatic heterocycles. The lowest BCUT2D eigenvalue weighted by atomic mass is 10.1. The van der Waals surface area contributed by atoms with Gasteiger partial charge in [0.25, 0.3) is 0 Å². The van der Waals surface area contributed by atoms with Gasteiger partial charge in [-0.1, -0.05) is 13.8 Å². The van der Waals surface area contributed by atoms with Gasteiger partial charge in [0, 0.05) is 25.7 Å². The molecule has 2 rings (SSSR count). The topological polar surface area (TPSA) is 75.2 Å². The minimum absolute atomic E-state index is 0.00779. The van der Waals surface area contributed by atoms with Crippen LogP contribution in [0.5, 0.6) is 0 Å². The molecule has 2 heterocycles. The predicted octanol–water partition coefficient (Wildman–Crippen LogP) is 1.56. The molecule has 0 amide bonds. The third-order valence-electron chi connectivity index (χ3n) is 3.80. The van der Waals surface area contributed by atoms with Gasteiger partial charge in [-0.15, -0.1) is 0 Å². The third kappa shape index (κ3) is 4.56. The van der Waals surface area contributed by atoms with Crippen molar-refractivity contribution in [1.82, 2.24) is 9.97 Å². The second kappa shape index (κ2) is 6.60. The Hall–Kier alpha value is -1.37. The fraction of sp³-hybridized carbons (Fsp3) is 0.714. The normalized spacial score (nSPS) is 20.7. The zero-order valence-corrected chi connectivity index (χ0v) is 13.7. The number of sulfone groups is 1. The summed E-state index contributed by atoms with van der Waals surface area (Å²) in [5.74, 6) is 2.67. The molecule has 0 saturated carbocycles. The van der Waals surface area contributed by atoms with Gasteiger partial charge in [0.1, 0.15) is 18.0 Å². The summed E-state index contributed by atoms with van der Waals surface area (Å²) in [7, 11) is -0.988. The molecule has 0 bridgehead atoms. The van der Waals surface area contributed by atoms with E-state index < -0.39 is 9.84 Å². The number of anilines is 2. The fourth-order valence-corrected chi connectivity index (χ4v) is 4.17. The van der Waals surface area contributed by atoms with Gasteiger partial charge in [0.2, 0.25) is 0 Å². The Labute approximate surface area is 126 Å². The van der Waals surface area contributed by atoms with Crippen molar-refractivity contribution in [3.8, 4) is 0 Å². The molecule has 1 saturated heterocycles. The lowest BCUT2D eigenvalue weighted by molar-refractivity contribution is 0.600. The number of nitrogens with one attached hydrogen (secondary N) is 1. The molecule has 1 aromatic rings. The molecule has 0 radical (unpaired) electrons. The summed E-state index contributed by atoms with van der Waals surface area (Å²) in [6, 6.07) is 1.89. The first-order chi connectivity index (χ1) is 9.87. The van der Waals surface area contributed by atoms with Crippen LogP contribution in [-0.2, 0) is 9.84 Å². The number of hydrogen-bond acceptors (Lipinski definition) is 6. The number of rotatable bonds is 6. The Kier molecular flexibility index (Phi) is 5.03. The molecule has 1 aliphatic heterocycles. The summed E-state index contributed by atoms with van der Waals surface area (Å²) in [6.45, 7) is 5.23. The van der Waals surface area contributed by atoms with Gasteiger partial charge >= 0.3 is 0 Å². The Morgan fingerprint density at radius 1 is 1.43 bits per heavy atom. The highest BCUT2D eigenvalue weighted by atomic mass is 32.2. The molecule has 1 N–H and O–H groups in total. The average molecular weight is 312 g/mol. The van der Waals surface area contributed by atoms with E-state index in [4.69, 9.17) is 0 Å². The summed E-state index contributed by atoms with van der Waals surface area (Å²) in [5, 5.41) is 3.28. The van der Waals surface area contributed by atoms with Crippen LogP contribution in [0.3, 0.4) is 0 Å². The molecule has 0 aromatic carbocycles. The van der Waals surface area contributed by atoms with Crippen molar-refractivity contribution in [3.63, 3.8) is 0 Å². The highest BCUT2D eigenvalue weighted by molar-refractivity contribution is 7.91. The average Bonchev–Trinajstić information content (AvgIpc) is 2.78. The van der Waals surface area contributed by atoms with Crippen molar-refractivity contribution in [2.45, 2.75) is 32.7 Å². The second-order valence-corrected chi connectivity index (χ2v) is 8.27. The van der Waals surface area contributed by atoms with Gasteiger partial charge in [0.05, 0.1) is 11.5 Å². The van der Waals surface area contributed by atoms with Gasteiger partial charge in [-0.2, -0.15) is 0 Å². The van der Waals surface area contributed by atoms with Crippen LogP contribution in [0.4, 0.5) is 11.6 Å². The van der Waals surface area contributed by atoms with E-state index >= 15 is 0 Å². The monoisotopic (exact) mass is 312 g/mol. The van der Waals surface area contributed by atoms with Crippen LogP contribution in [0.1, 0.15) is 26.7 Å². The molecule has 7 heteroatoms. The minimum atomic E-state index is -2.88. The third-order valence-corrected chi connectivity index (χ3v) is 5.55. The molecule has 1 fully saturated rings. The molecular formula is C14H24N4O2S. The maximum Gasteiger partial charge on any atom is 0.152 e. The standard InChI is InChI=1S/C14H24N4O2S/c1-11(2)4-6-15-13-8-14(17-10-16-13)18(3)12-5-7-21(19,20)9-12/h8,10-12H,4-7,9H2,1-3H3,(H,15,16,17). The molecule has 1 unspecified atom stereocenters. The number of hydrogen-bond donors (Lipinski definition) is 1. The quantitative estimate of drug-likeness (QED) is 0.859. The van der Waals surface area contributed by atoms with E-state index in [9.17, 15) is 8.42 Å². The maximum absolute atomic E-state index is 11.6. The van der Waals surface area contributed by atoms with Crippen LogP contribution in [0.2, 0.25) is 0 Å². The molecule has 6 nitrogen and oxygen atoms in total. The largest absolute Gasteiger partial charge is 0.370 e. The number of nitrogens with zero attached hydrogens (tertiary/aromatic N) is 3. The Bertz CT molecular complexity index is 574. The molecule has 1 aliphatic rings. The van der Waals surface area contributed by atoms with Gasteiger partial charge in [-0.3, -0.25) is 0 Å². The summed E-state index contributed by atoms with van der Waals surface area (Å²) >= 11 is 0. The maximum atomic E-state index is 11.6. The lowest BCUT2D eigenvalue weighted by Gasteiger charge is -2.24. The molecule has 118 valence electrons. The Morgan fingerprint density at radius 2 is 2.19 bits per heavy atom. The van der Waals surface area contributed by atoms with Crippen molar-refractivity contribution >= 4 is 21.5 Å². The summed E-state index contributed by atoms with van der Waals surface area (Å²) < 4.78 is 23.2. The van der Waals surface area contributed by atoms with Crippen molar-refractivity contribution in [2.24, 2.45) is 5.92 Å². The molecule has 0 spiro atoms. The zero-order chi connectivity index (χ0) is 15.5. The van der Waals surface area contributed by atoms with Gasteiger partial charge in [0.15, 0.2) is 9.84 Å². The summed E-state index contributed by atoms with van der Waals surface area (Å²) in [4.78, 5) is 10.4. The van der Waals surface area contributed by atoms with Crippen molar-refractivity contribution < 1.29 is 8.42 Å². The predicted molar refractivity (Wildman–Crippen MR) is 85.4 cm³/mol. The van der Waals surface area contributed by atoms with Gasteiger partial charge in [-0.25, -0.2) is 18.4 Å². The van der Waals surface area contributed by atoms with E-state index in [0.29, 0.717) is 12.3 Å². The van der Waals surface area contributed by atoms with Gasteiger partial charge in [-0.05, 0) is 18.8 Å². The SMILES string of the molecule is CC(C)CCNc1cc(N(C)C2CCS(=O)(=O)C2)ncn1. The molecular weight excluding hydrogens is 288 g/mol. The van der Waals surface area contributed by atoms with Crippen LogP contribution >= 0.6 is 0 Å². The van der Waals surface area contributed by atoms with E-state index in [1.807, 2.05) is 18.0 Å². The van der Waals surface area contributed by atoms with Crippen LogP contribution in [0, 0.1) is 5.92 Å². The van der Waals surface area contributed by atoms with E-state index in [0.717, 1.165) is 24.6 Å². The Morgan fingerprint density at radius 3 is 2.81 bits per heavy atom. The van der Waals surface area contributed by atoms with Crippen molar-refractivity contribution in [2.75, 3.05) is 35.3 Å². The smallest absolute Gasteiger partial charge is 0.152 e. The molecule has 0 aliphatic carbocycles. The molecule has 1 atom stereocenters. The van der Waals surface area contributed by atoms with Gasteiger partial charge < -0.3 is 10.2 Å². The van der Waals surface area contributed by atoms with Crippen molar-refractivity contribution in [3.05, 3.63) is 12.4 Å². The molecule has 21 heavy (non-hydrogen) atoms. The van der Waals surface area contributed by atoms with Crippen LogP contribution in [0.25, 0.3) is 0 Å². The Balaban J connectivity index is 2.00. The van der Waals surface area contributed by atoms with E-state index in [-0.39, 0.29) is 17.5 Å². The first kappa shape index (κ1) is 16.0. The summed E-state index contributed by atoms with van der Waals surface area (Å²) in [6.07, 6.45) is 3.27. The van der Waals surface area contributed by atoms with Crippen LogP contribution < -0.4 is 10.2 Å². The number of aromatic nitrogens is 2. The first-order valence-corrected chi connectivity index (χ1v) is 9.19. The highest BCUT2D eigenvalue weighted by Gasteiger charge is 2.31. The zero-order valence-electron chi connectivity index (χ0n) is 12.9. The van der Waals surface area contributed by atoms with E-state index in [2.05, 4.69) is 29.1 Å². The summed E-state index contributed by atoms with van der Waals surface area (Å²) in [5.41, 5.74) is 0. The van der Waals surface area contributed by atoms with E-state index in [1.165, 1.54) is 6.33 Å². The van der Waals surface area contributed by atoms with E-state index in [1.54, 1.807) is 0 Å². The first-order valence-electron chi connectivity index (χ1n) is 7.36. The van der Waals surface area contributed by atoms with Crippen LogP contribution in [0.15, 0.2) is 12.4 Å². The highest BCUT2D eigenvalue weighted by Crippen LogP contribution is 2.22. The minimum Gasteiger partial charge on any atom is -0.370 e. The van der Waals surface area contributed by atoms with Crippen LogP contribution in [-0.4, -0.2) is 49.5 Å².